The van der Waals surface area contributed by atoms with Crippen LogP contribution >= 0.6 is 0 Å². The zero-order valence-electron chi connectivity index (χ0n) is 13.9. The smallest absolute Gasteiger partial charge is 0.241 e. The number of benzene rings is 1. The first-order valence-electron chi connectivity index (χ1n) is 8.01. The van der Waals surface area contributed by atoms with Gasteiger partial charge in [-0.05, 0) is 26.1 Å². The van der Waals surface area contributed by atoms with Crippen molar-refractivity contribution in [2.75, 3.05) is 57.9 Å². The average molecular weight is 319 g/mol. The number of anilines is 1. The number of ether oxygens (including phenoxy) is 1. The van der Waals surface area contributed by atoms with E-state index in [1.807, 2.05) is 37.3 Å². The van der Waals surface area contributed by atoms with E-state index in [1.54, 1.807) is 21.7 Å². The number of carbonyl (C=O) groups is 2. The molecule has 1 aromatic rings. The van der Waals surface area contributed by atoms with Gasteiger partial charge in [0.2, 0.25) is 11.8 Å². The Labute approximate surface area is 137 Å². The summed E-state index contributed by atoms with van der Waals surface area (Å²) >= 11 is 0. The monoisotopic (exact) mass is 319 g/mol. The first kappa shape index (κ1) is 17.4. The first-order chi connectivity index (χ1) is 11.1. The van der Waals surface area contributed by atoms with E-state index in [2.05, 4.69) is 0 Å². The van der Waals surface area contributed by atoms with Crippen molar-refractivity contribution < 1.29 is 14.3 Å². The van der Waals surface area contributed by atoms with Gasteiger partial charge in [-0.3, -0.25) is 14.5 Å². The summed E-state index contributed by atoms with van der Waals surface area (Å²) in [5.74, 6) is 0.0438. The number of morpholine rings is 1. The van der Waals surface area contributed by atoms with Crippen LogP contribution in [0.5, 0.6) is 0 Å². The fraction of sp³-hybridized carbons (Fsp3) is 0.529. The Hall–Kier alpha value is -1.92. The molecule has 1 aliphatic heterocycles. The third kappa shape index (κ3) is 5.04. The number of hydrogen-bond acceptors (Lipinski definition) is 4. The van der Waals surface area contributed by atoms with Crippen molar-refractivity contribution in [2.24, 2.45) is 0 Å². The highest BCUT2D eigenvalue weighted by Crippen LogP contribution is 2.13. The normalized spacial score (nSPS) is 14.8. The van der Waals surface area contributed by atoms with E-state index >= 15 is 0 Å². The molecular weight excluding hydrogens is 294 g/mol. The molecule has 126 valence electrons. The molecule has 0 aromatic heterocycles. The van der Waals surface area contributed by atoms with Crippen LogP contribution in [0.3, 0.4) is 0 Å². The molecule has 0 spiro atoms. The van der Waals surface area contributed by atoms with E-state index in [0.29, 0.717) is 32.8 Å². The van der Waals surface area contributed by atoms with Crippen molar-refractivity contribution in [1.29, 1.82) is 0 Å². The molecule has 0 saturated carbocycles. The van der Waals surface area contributed by atoms with Crippen LogP contribution in [0.15, 0.2) is 30.3 Å². The Morgan fingerprint density at radius 2 is 1.78 bits per heavy atom. The van der Waals surface area contributed by atoms with E-state index in [1.165, 1.54) is 0 Å². The van der Waals surface area contributed by atoms with Crippen molar-refractivity contribution in [3.63, 3.8) is 0 Å². The number of likely N-dealkylation sites (N-methyl/N-ethyl adjacent to an activating group) is 2. The molecular formula is C17H25N3O3. The molecule has 1 fully saturated rings. The van der Waals surface area contributed by atoms with Crippen molar-refractivity contribution in [1.82, 2.24) is 9.80 Å². The fourth-order valence-electron chi connectivity index (χ4n) is 2.63. The molecule has 0 aliphatic carbocycles. The summed E-state index contributed by atoms with van der Waals surface area (Å²) in [7, 11) is 1.80. The number of nitrogens with zero attached hydrogens (tertiary/aromatic N) is 3. The average Bonchev–Trinajstić information content (AvgIpc) is 2.57. The summed E-state index contributed by atoms with van der Waals surface area (Å²) in [6, 6.07) is 9.59. The molecule has 0 N–H and O–H groups in total. The maximum absolute atomic E-state index is 12.5. The summed E-state index contributed by atoms with van der Waals surface area (Å²) in [5, 5.41) is 0. The van der Waals surface area contributed by atoms with Gasteiger partial charge in [-0.2, -0.15) is 0 Å². The third-order valence-electron chi connectivity index (χ3n) is 3.86. The molecule has 1 aromatic carbocycles. The van der Waals surface area contributed by atoms with E-state index in [-0.39, 0.29) is 24.9 Å². The van der Waals surface area contributed by atoms with Crippen LogP contribution < -0.4 is 4.90 Å². The Morgan fingerprint density at radius 3 is 2.39 bits per heavy atom. The molecule has 2 amide bonds. The minimum Gasteiger partial charge on any atom is -0.378 e. The maximum Gasteiger partial charge on any atom is 0.241 e. The van der Waals surface area contributed by atoms with Crippen LogP contribution in [0.4, 0.5) is 5.69 Å². The second-order valence-electron chi connectivity index (χ2n) is 5.64. The molecule has 2 rings (SSSR count). The third-order valence-corrected chi connectivity index (χ3v) is 3.86. The minimum absolute atomic E-state index is 0.00372. The van der Waals surface area contributed by atoms with Crippen molar-refractivity contribution in [2.45, 2.75) is 6.92 Å². The highest BCUT2D eigenvalue weighted by molar-refractivity contribution is 5.95. The molecule has 1 aliphatic rings. The first-order valence-corrected chi connectivity index (χ1v) is 8.01. The van der Waals surface area contributed by atoms with Gasteiger partial charge in [0.05, 0.1) is 26.3 Å². The van der Waals surface area contributed by atoms with Gasteiger partial charge in [0.25, 0.3) is 0 Å². The second-order valence-corrected chi connectivity index (χ2v) is 5.64. The predicted molar refractivity (Wildman–Crippen MR) is 89.4 cm³/mol. The lowest BCUT2D eigenvalue weighted by Gasteiger charge is -2.29. The van der Waals surface area contributed by atoms with Gasteiger partial charge in [-0.1, -0.05) is 18.2 Å². The minimum atomic E-state index is -0.00372. The van der Waals surface area contributed by atoms with Gasteiger partial charge < -0.3 is 14.5 Å². The van der Waals surface area contributed by atoms with Gasteiger partial charge in [0.15, 0.2) is 0 Å². The van der Waals surface area contributed by atoms with Crippen LogP contribution in [0.1, 0.15) is 6.92 Å². The van der Waals surface area contributed by atoms with Gasteiger partial charge in [0, 0.05) is 25.3 Å². The van der Waals surface area contributed by atoms with E-state index in [9.17, 15) is 9.59 Å². The molecule has 6 nitrogen and oxygen atoms in total. The number of carbonyl (C=O) groups excluding carboxylic acids is 2. The van der Waals surface area contributed by atoms with Gasteiger partial charge >= 0.3 is 0 Å². The molecule has 1 saturated heterocycles. The summed E-state index contributed by atoms with van der Waals surface area (Å²) in [5.41, 5.74) is 0.882. The van der Waals surface area contributed by atoms with Crippen LogP contribution in [0.25, 0.3) is 0 Å². The van der Waals surface area contributed by atoms with Crippen molar-refractivity contribution in [3.05, 3.63) is 30.3 Å². The Balaban J connectivity index is 1.87. The zero-order valence-corrected chi connectivity index (χ0v) is 13.9. The van der Waals surface area contributed by atoms with Gasteiger partial charge in [-0.25, -0.2) is 0 Å². The SMILES string of the molecule is CCN(C(=O)CN(C)CC(=O)N1CCOCC1)c1ccccc1. The summed E-state index contributed by atoms with van der Waals surface area (Å²) < 4.78 is 5.25. The molecule has 6 heteroatoms. The highest BCUT2D eigenvalue weighted by Gasteiger charge is 2.21. The van der Waals surface area contributed by atoms with Crippen molar-refractivity contribution in [3.8, 4) is 0 Å². The second kappa shape index (κ2) is 8.64. The lowest BCUT2D eigenvalue weighted by atomic mass is 10.2. The standard InChI is InChI=1S/C17H25N3O3/c1-3-20(15-7-5-4-6-8-15)17(22)14-18(2)13-16(21)19-9-11-23-12-10-19/h4-8H,3,9-14H2,1-2H3. The van der Waals surface area contributed by atoms with E-state index in [4.69, 9.17) is 4.74 Å². The number of para-hydroxylation sites is 1. The molecule has 1 heterocycles. The van der Waals surface area contributed by atoms with Crippen LogP contribution in [0, 0.1) is 0 Å². The lowest BCUT2D eigenvalue weighted by Crippen LogP contribution is -2.47. The fourth-order valence-corrected chi connectivity index (χ4v) is 2.63. The van der Waals surface area contributed by atoms with E-state index in [0.717, 1.165) is 5.69 Å². The van der Waals surface area contributed by atoms with Crippen LogP contribution in [-0.4, -0.2) is 74.6 Å². The lowest BCUT2D eigenvalue weighted by molar-refractivity contribution is -0.136. The maximum atomic E-state index is 12.5. The quantitative estimate of drug-likeness (QED) is 0.779. The molecule has 23 heavy (non-hydrogen) atoms. The molecule has 0 bridgehead atoms. The van der Waals surface area contributed by atoms with E-state index < -0.39 is 0 Å². The molecule has 0 radical (unpaired) electrons. The number of hydrogen-bond donors (Lipinski definition) is 0. The predicted octanol–water partition coefficient (Wildman–Crippen LogP) is 0.830. The highest BCUT2D eigenvalue weighted by atomic mass is 16.5. The van der Waals surface area contributed by atoms with Crippen LogP contribution in [0.2, 0.25) is 0 Å². The topological polar surface area (TPSA) is 53.1 Å². The number of rotatable bonds is 6. The zero-order chi connectivity index (χ0) is 16.7. The largest absolute Gasteiger partial charge is 0.378 e. The summed E-state index contributed by atoms with van der Waals surface area (Å²) in [6.45, 7) is 5.46. The number of amides is 2. The summed E-state index contributed by atoms with van der Waals surface area (Å²) in [4.78, 5) is 30.0. The molecule has 0 atom stereocenters. The Bertz CT molecular complexity index is 515. The Morgan fingerprint density at radius 1 is 1.13 bits per heavy atom. The summed E-state index contributed by atoms with van der Waals surface area (Å²) in [6.07, 6.45) is 0. The Kier molecular flexibility index (Phi) is 6.55. The van der Waals surface area contributed by atoms with Crippen molar-refractivity contribution >= 4 is 17.5 Å². The van der Waals surface area contributed by atoms with Gasteiger partial charge in [0.1, 0.15) is 0 Å². The molecule has 0 unspecified atom stereocenters. The van der Waals surface area contributed by atoms with Crippen LogP contribution in [-0.2, 0) is 14.3 Å². The van der Waals surface area contributed by atoms with Gasteiger partial charge in [-0.15, -0.1) is 0 Å².